The quantitative estimate of drug-likeness (QED) is 0.504. The van der Waals surface area contributed by atoms with Gasteiger partial charge >= 0.3 is 5.97 Å². The van der Waals surface area contributed by atoms with Crippen LogP contribution in [0.4, 0.5) is 0 Å². The number of hydrogen-bond donors (Lipinski definition) is 3. The molecule has 0 fully saturated rings. The molecule has 1 unspecified atom stereocenters. The van der Waals surface area contributed by atoms with Crippen molar-refractivity contribution < 1.29 is 20.1 Å². The van der Waals surface area contributed by atoms with Crippen LogP contribution in [0.5, 0.6) is 0 Å². The molecular weight excluding hydrogens is 180 g/mol. The first-order valence-electron chi connectivity index (χ1n) is 3.35. The zero-order valence-electron chi connectivity index (χ0n) is 6.56. The van der Waals surface area contributed by atoms with E-state index in [-0.39, 0.29) is 17.9 Å². The third kappa shape index (κ3) is 5.17. The first kappa shape index (κ1) is 11.5. The zero-order valence-corrected chi connectivity index (χ0v) is 7.38. The van der Waals surface area contributed by atoms with Gasteiger partial charge in [-0.25, -0.2) is 4.79 Å². The highest BCUT2D eigenvalue weighted by molar-refractivity contribution is 7.99. The molecule has 0 rings (SSSR count). The van der Waals surface area contributed by atoms with Gasteiger partial charge in [0, 0.05) is 17.1 Å². The Labute approximate surface area is 74.9 Å². The second kappa shape index (κ2) is 6.05. The molecule has 0 saturated heterocycles. The summed E-state index contributed by atoms with van der Waals surface area (Å²) in [6.45, 7) is 3.01. The minimum Gasteiger partial charge on any atom is -0.478 e. The van der Waals surface area contributed by atoms with E-state index in [9.17, 15) is 4.79 Å². The van der Waals surface area contributed by atoms with E-state index < -0.39 is 12.1 Å². The molecular formula is C7H12O4S. The topological polar surface area (TPSA) is 77.8 Å². The Hall–Kier alpha value is -0.520. The minimum absolute atomic E-state index is 0.102. The SMILES string of the molecule is C=C(CSCC(O)CO)C(=O)O. The summed E-state index contributed by atoms with van der Waals surface area (Å²) in [5.74, 6) is -0.434. The molecule has 0 bridgehead atoms. The van der Waals surface area contributed by atoms with Crippen LogP contribution in [0, 0.1) is 0 Å². The summed E-state index contributed by atoms with van der Waals surface area (Å²) in [7, 11) is 0. The largest absolute Gasteiger partial charge is 0.478 e. The maximum Gasteiger partial charge on any atom is 0.331 e. The van der Waals surface area contributed by atoms with Crippen LogP contribution in [-0.4, -0.2) is 45.5 Å². The third-order valence-corrected chi connectivity index (χ3v) is 2.27. The van der Waals surface area contributed by atoms with Crippen molar-refractivity contribution in [3.63, 3.8) is 0 Å². The van der Waals surface area contributed by atoms with Crippen LogP contribution in [0.2, 0.25) is 0 Å². The molecule has 0 aromatic carbocycles. The van der Waals surface area contributed by atoms with Crippen LogP contribution in [0.15, 0.2) is 12.2 Å². The number of thioether (sulfide) groups is 1. The second-order valence-electron chi connectivity index (χ2n) is 2.26. The normalized spacial score (nSPS) is 12.5. The van der Waals surface area contributed by atoms with Gasteiger partial charge in [-0.05, 0) is 0 Å². The molecule has 0 aliphatic rings. The van der Waals surface area contributed by atoms with Crippen molar-refractivity contribution in [2.24, 2.45) is 0 Å². The zero-order chi connectivity index (χ0) is 9.56. The summed E-state index contributed by atoms with van der Waals surface area (Å²) < 4.78 is 0. The fraction of sp³-hybridized carbons (Fsp3) is 0.571. The van der Waals surface area contributed by atoms with E-state index in [4.69, 9.17) is 15.3 Å². The highest BCUT2D eigenvalue weighted by Crippen LogP contribution is 2.07. The molecule has 0 heterocycles. The highest BCUT2D eigenvalue weighted by Gasteiger charge is 2.06. The van der Waals surface area contributed by atoms with E-state index in [1.807, 2.05) is 0 Å². The molecule has 12 heavy (non-hydrogen) atoms. The number of aliphatic hydroxyl groups excluding tert-OH is 2. The molecule has 0 radical (unpaired) electrons. The summed E-state index contributed by atoms with van der Waals surface area (Å²) >= 11 is 1.23. The molecule has 0 amide bonds. The summed E-state index contributed by atoms with van der Waals surface area (Å²) in [5.41, 5.74) is 0.102. The summed E-state index contributed by atoms with van der Waals surface area (Å²) in [6.07, 6.45) is -0.781. The van der Waals surface area contributed by atoms with Crippen molar-refractivity contribution in [1.29, 1.82) is 0 Å². The van der Waals surface area contributed by atoms with E-state index in [0.717, 1.165) is 0 Å². The van der Waals surface area contributed by atoms with Crippen molar-refractivity contribution >= 4 is 17.7 Å². The van der Waals surface area contributed by atoms with Crippen LogP contribution in [0.1, 0.15) is 0 Å². The number of aliphatic hydroxyl groups is 2. The fourth-order valence-electron chi connectivity index (χ4n) is 0.433. The number of rotatable bonds is 6. The lowest BCUT2D eigenvalue weighted by atomic mass is 10.4. The molecule has 0 aliphatic carbocycles. The average molecular weight is 192 g/mol. The van der Waals surface area contributed by atoms with E-state index in [1.54, 1.807) is 0 Å². The predicted octanol–water partition coefficient (Wildman–Crippen LogP) is -0.286. The van der Waals surface area contributed by atoms with Crippen molar-refractivity contribution in [3.8, 4) is 0 Å². The average Bonchev–Trinajstić information content (AvgIpc) is 2.03. The third-order valence-electron chi connectivity index (χ3n) is 1.10. The number of hydrogen-bond acceptors (Lipinski definition) is 4. The van der Waals surface area contributed by atoms with Crippen LogP contribution in [0.25, 0.3) is 0 Å². The Morgan fingerprint density at radius 3 is 2.58 bits per heavy atom. The van der Waals surface area contributed by atoms with Crippen LogP contribution >= 0.6 is 11.8 Å². The summed E-state index contributed by atoms with van der Waals surface area (Å²) in [5, 5.41) is 25.6. The number of carboxylic acids is 1. The summed E-state index contributed by atoms with van der Waals surface area (Å²) in [4.78, 5) is 10.2. The maximum atomic E-state index is 10.2. The standard InChI is InChI=1S/C7H12O4S/c1-5(7(10)11)3-12-4-6(9)2-8/h6,8-9H,1-4H2,(H,10,11). The van der Waals surface area contributed by atoms with Crippen molar-refractivity contribution in [2.75, 3.05) is 18.1 Å². The molecule has 0 aliphatic heterocycles. The lowest BCUT2D eigenvalue weighted by Crippen LogP contribution is -2.15. The fourth-order valence-corrected chi connectivity index (χ4v) is 1.30. The van der Waals surface area contributed by atoms with Crippen LogP contribution in [0.3, 0.4) is 0 Å². The first-order chi connectivity index (χ1) is 5.57. The molecule has 0 aromatic heterocycles. The van der Waals surface area contributed by atoms with Crippen molar-refractivity contribution in [1.82, 2.24) is 0 Å². The van der Waals surface area contributed by atoms with E-state index in [0.29, 0.717) is 5.75 Å². The van der Waals surface area contributed by atoms with Crippen molar-refractivity contribution in [2.45, 2.75) is 6.10 Å². The molecule has 5 heteroatoms. The predicted molar refractivity (Wildman–Crippen MR) is 47.2 cm³/mol. The first-order valence-corrected chi connectivity index (χ1v) is 4.51. The van der Waals surface area contributed by atoms with Gasteiger partial charge in [0.1, 0.15) is 0 Å². The Balaban J connectivity index is 3.44. The molecule has 0 saturated carbocycles. The molecule has 70 valence electrons. The Morgan fingerprint density at radius 2 is 2.17 bits per heavy atom. The Morgan fingerprint density at radius 1 is 1.58 bits per heavy atom. The molecule has 0 aromatic rings. The molecule has 4 nitrogen and oxygen atoms in total. The molecule has 0 spiro atoms. The van der Waals surface area contributed by atoms with Gasteiger partial charge in [0.2, 0.25) is 0 Å². The molecule has 1 atom stereocenters. The van der Waals surface area contributed by atoms with Gasteiger partial charge in [0.15, 0.2) is 0 Å². The van der Waals surface area contributed by atoms with E-state index in [2.05, 4.69) is 6.58 Å². The Kier molecular flexibility index (Phi) is 5.79. The maximum absolute atomic E-state index is 10.2. The van der Waals surface area contributed by atoms with Crippen LogP contribution < -0.4 is 0 Å². The van der Waals surface area contributed by atoms with Gasteiger partial charge in [0.25, 0.3) is 0 Å². The number of carboxylic acid groups (broad SMARTS) is 1. The lowest BCUT2D eigenvalue weighted by Gasteiger charge is -2.05. The number of aliphatic carboxylic acids is 1. The highest BCUT2D eigenvalue weighted by atomic mass is 32.2. The molecule has 3 N–H and O–H groups in total. The Bertz CT molecular complexity index is 169. The van der Waals surface area contributed by atoms with Gasteiger partial charge in [0.05, 0.1) is 12.7 Å². The second-order valence-corrected chi connectivity index (χ2v) is 3.29. The monoisotopic (exact) mass is 192 g/mol. The number of carbonyl (C=O) groups is 1. The minimum atomic E-state index is -1.03. The van der Waals surface area contributed by atoms with E-state index >= 15 is 0 Å². The lowest BCUT2D eigenvalue weighted by molar-refractivity contribution is -0.132. The summed E-state index contributed by atoms with van der Waals surface area (Å²) in [6, 6.07) is 0. The van der Waals surface area contributed by atoms with Crippen molar-refractivity contribution in [3.05, 3.63) is 12.2 Å². The van der Waals surface area contributed by atoms with Gasteiger partial charge in [-0.15, -0.1) is 0 Å². The van der Waals surface area contributed by atoms with Gasteiger partial charge in [-0.2, -0.15) is 11.8 Å². The van der Waals surface area contributed by atoms with Gasteiger partial charge in [-0.1, -0.05) is 6.58 Å². The van der Waals surface area contributed by atoms with E-state index in [1.165, 1.54) is 11.8 Å². The van der Waals surface area contributed by atoms with Gasteiger partial charge in [-0.3, -0.25) is 0 Å². The smallest absolute Gasteiger partial charge is 0.331 e. The van der Waals surface area contributed by atoms with Crippen LogP contribution in [-0.2, 0) is 4.79 Å². The van der Waals surface area contributed by atoms with Gasteiger partial charge < -0.3 is 15.3 Å².